The van der Waals surface area contributed by atoms with E-state index >= 15 is 0 Å². The molecule has 5 nitrogen and oxygen atoms in total. The Hall–Kier alpha value is -1.62. The molecule has 0 aliphatic rings. The monoisotopic (exact) mass is 248 g/mol. The highest BCUT2D eigenvalue weighted by Crippen LogP contribution is 2.22. The Bertz CT molecular complexity index is 501. The predicted molar refractivity (Wildman–Crippen MR) is 69.2 cm³/mol. The molecule has 0 aliphatic carbocycles. The van der Waals surface area contributed by atoms with E-state index in [0.717, 1.165) is 24.2 Å². The summed E-state index contributed by atoms with van der Waals surface area (Å²) < 4.78 is 3.69. The van der Waals surface area contributed by atoms with E-state index < -0.39 is 6.10 Å². The highest BCUT2D eigenvalue weighted by molar-refractivity contribution is 5.20. The zero-order valence-electron chi connectivity index (χ0n) is 11.1. The van der Waals surface area contributed by atoms with Crippen LogP contribution in [-0.4, -0.2) is 24.7 Å². The molecule has 0 radical (unpaired) electrons. The van der Waals surface area contributed by atoms with Crippen molar-refractivity contribution in [2.45, 2.75) is 45.9 Å². The fraction of sp³-hybridized carbons (Fsp3) is 0.538. The summed E-state index contributed by atoms with van der Waals surface area (Å²) in [6.07, 6.45) is 5.66. The summed E-state index contributed by atoms with van der Waals surface area (Å²) in [7, 11) is 0. The maximum absolute atomic E-state index is 10.4. The van der Waals surface area contributed by atoms with Gasteiger partial charge in [0.25, 0.3) is 0 Å². The smallest absolute Gasteiger partial charge is 0.124 e. The van der Waals surface area contributed by atoms with Crippen molar-refractivity contribution in [2.24, 2.45) is 0 Å². The van der Waals surface area contributed by atoms with Crippen LogP contribution in [0.1, 0.15) is 50.6 Å². The molecular formula is C13H20N4O. The summed E-state index contributed by atoms with van der Waals surface area (Å²) in [5.74, 6) is 0. The van der Waals surface area contributed by atoms with E-state index in [9.17, 15) is 5.11 Å². The topological polar surface area (TPSA) is 55.9 Å². The lowest BCUT2D eigenvalue weighted by Gasteiger charge is -2.11. The van der Waals surface area contributed by atoms with Gasteiger partial charge in [0.15, 0.2) is 0 Å². The lowest BCUT2D eigenvalue weighted by atomic mass is 10.1. The minimum Gasteiger partial charge on any atom is -0.382 e. The molecule has 98 valence electrons. The summed E-state index contributed by atoms with van der Waals surface area (Å²) >= 11 is 0. The number of aliphatic hydroxyl groups excluding tert-OH is 1. The van der Waals surface area contributed by atoms with E-state index in [-0.39, 0.29) is 0 Å². The lowest BCUT2D eigenvalue weighted by molar-refractivity contribution is 0.207. The van der Waals surface area contributed by atoms with Crippen LogP contribution >= 0.6 is 0 Å². The predicted octanol–water partition coefficient (Wildman–Crippen LogP) is 2.15. The Morgan fingerprint density at radius 2 is 2.11 bits per heavy atom. The number of rotatable bonds is 5. The second kappa shape index (κ2) is 5.35. The summed E-state index contributed by atoms with van der Waals surface area (Å²) in [4.78, 5) is 0. The number of hydrogen-bond donors (Lipinski definition) is 1. The molecule has 1 unspecified atom stereocenters. The van der Waals surface area contributed by atoms with Crippen LogP contribution < -0.4 is 0 Å². The molecule has 0 fully saturated rings. The Balaban J connectivity index is 2.23. The molecule has 2 aromatic rings. The van der Waals surface area contributed by atoms with Crippen LogP contribution in [0.25, 0.3) is 0 Å². The summed E-state index contributed by atoms with van der Waals surface area (Å²) in [5, 5.41) is 18.8. The van der Waals surface area contributed by atoms with Crippen molar-refractivity contribution >= 4 is 0 Å². The van der Waals surface area contributed by atoms with Gasteiger partial charge in [-0.1, -0.05) is 6.92 Å². The first-order valence-corrected chi connectivity index (χ1v) is 6.37. The van der Waals surface area contributed by atoms with Gasteiger partial charge in [-0.25, -0.2) is 0 Å². The van der Waals surface area contributed by atoms with Crippen LogP contribution in [0, 0.1) is 0 Å². The molecule has 1 atom stereocenters. The van der Waals surface area contributed by atoms with Gasteiger partial charge in [0.1, 0.15) is 6.10 Å². The molecular weight excluding hydrogens is 228 g/mol. The molecule has 0 bridgehead atoms. The molecule has 2 aromatic heterocycles. The molecule has 0 saturated heterocycles. The standard InChI is InChI=1S/C13H20N4O/c1-4-7-16-12(5-6-14-16)13(18)11-8-15-17(9-11)10(2)3/h5-6,8-10,13,18H,4,7H2,1-3H3. The summed E-state index contributed by atoms with van der Waals surface area (Å²) in [6.45, 7) is 7.03. The van der Waals surface area contributed by atoms with Crippen molar-refractivity contribution in [1.29, 1.82) is 0 Å². The van der Waals surface area contributed by atoms with Crippen molar-refractivity contribution in [1.82, 2.24) is 19.6 Å². The van der Waals surface area contributed by atoms with Crippen molar-refractivity contribution in [3.8, 4) is 0 Å². The third-order valence-electron chi connectivity index (χ3n) is 2.93. The van der Waals surface area contributed by atoms with E-state index in [4.69, 9.17) is 0 Å². The Morgan fingerprint density at radius 3 is 2.72 bits per heavy atom. The van der Waals surface area contributed by atoms with Crippen molar-refractivity contribution in [2.75, 3.05) is 0 Å². The zero-order valence-corrected chi connectivity index (χ0v) is 11.1. The van der Waals surface area contributed by atoms with Gasteiger partial charge >= 0.3 is 0 Å². The Morgan fingerprint density at radius 1 is 1.33 bits per heavy atom. The SMILES string of the molecule is CCCn1nccc1C(O)c1cnn(C(C)C)c1. The van der Waals surface area contributed by atoms with Gasteiger partial charge in [-0.05, 0) is 26.3 Å². The molecule has 0 spiro atoms. The Kier molecular flexibility index (Phi) is 3.81. The quantitative estimate of drug-likeness (QED) is 0.882. The van der Waals surface area contributed by atoms with Crippen LogP contribution in [0.15, 0.2) is 24.7 Å². The van der Waals surface area contributed by atoms with Gasteiger partial charge in [-0.3, -0.25) is 9.36 Å². The first-order chi connectivity index (χ1) is 8.63. The first kappa shape index (κ1) is 12.8. The van der Waals surface area contributed by atoms with Crippen LogP contribution in [0.5, 0.6) is 0 Å². The summed E-state index contributed by atoms with van der Waals surface area (Å²) in [6, 6.07) is 2.15. The maximum atomic E-state index is 10.4. The highest BCUT2D eigenvalue weighted by Gasteiger charge is 2.17. The second-order valence-electron chi connectivity index (χ2n) is 4.73. The molecule has 0 amide bonds. The normalized spacial score (nSPS) is 13.2. The largest absolute Gasteiger partial charge is 0.382 e. The van der Waals surface area contributed by atoms with E-state index in [1.54, 1.807) is 12.4 Å². The second-order valence-corrected chi connectivity index (χ2v) is 4.73. The molecule has 0 aliphatic heterocycles. The molecule has 0 saturated carbocycles. The molecule has 18 heavy (non-hydrogen) atoms. The van der Waals surface area contributed by atoms with E-state index in [1.165, 1.54) is 0 Å². The van der Waals surface area contributed by atoms with E-state index in [2.05, 4.69) is 31.0 Å². The van der Waals surface area contributed by atoms with E-state index in [0.29, 0.717) is 6.04 Å². The molecule has 2 rings (SSSR count). The lowest BCUT2D eigenvalue weighted by Crippen LogP contribution is -2.09. The third-order valence-corrected chi connectivity index (χ3v) is 2.93. The first-order valence-electron chi connectivity index (χ1n) is 6.37. The highest BCUT2D eigenvalue weighted by atomic mass is 16.3. The van der Waals surface area contributed by atoms with Crippen molar-refractivity contribution in [3.63, 3.8) is 0 Å². The van der Waals surface area contributed by atoms with Gasteiger partial charge in [-0.15, -0.1) is 0 Å². The van der Waals surface area contributed by atoms with Crippen LogP contribution in [0.3, 0.4) is 0 Å². The Labute approximate surface area is 107 Å². The van der Waals surface area contributed by atoms with Gasteiger partial charge in [0.2, 0.25) is 0 Å². The van der Waals surface area contributed by atoms with Gasteiger partial charge < -0.3 is 5.11 Å². The van der Waals surface area contributed by atoms with Crippen LogP contribution in [0.4, 0.5) is 0 Å². The van der Waals surface area contributed by atoms with Crippen LogP contribution in [-0.2, 0) is 6.54 Å². The van der Waals surface area contributed by atoms with Crippen molar-refractivity contribution in [3.05, 3.63) is 35.9 Å². The number of nitrogens with zero attached hydrogens (tertiary/aromatic N) is 4. The minimum atomic E-state index is -0.661. The maximum Gasteiger partial charge on any atom is 0.124 e. The van der Waals surface area contributed by atoms with Crippen molar-refractivity contribution < 1.29 is 5.11 Å². The molecule has 5 heteroatoms. The number of aliphatic hydroxyl groups is 1. The zero-order chi connectivity index (χ0) is 13.1. The summed E-state index contributed by atoms with van der Waals surface area (Å²) in [5.41, 5.74) is 1.63. The number of aryl methyl sites for hydroxylation is 1. The average molecular weight is 248 g/mol. The van der Waals surface area contributed by atoms with Gasteiger partial charge in [-0.2, -0.15) is 10.2 Å². The molecule has 2 heterocycles. The fourth-order valence-corrected chi connectivity index (χ4v) is 1.92. The molecule has 1 N–H and O–H groups in total. The average Bonchev–Trinajstić information content (AvgIpc) is 2.97. The molecule has 0 aromatic carbocycles. The van der Waals surface area contributed by atoms with E-state index in [1.807, 2.05) is 21.6 Å². The van der Waals surface area contributed by atoms with Gasteiger partial charge in [0.05, 0.1) is 11.9 Å². The minimum absolute atomic E-state index is 0.298. The number of hydrogen-bond acceptors (Lipinski definition) is 3. The third kappa shape index (κ3) is 2.46. The fourth-order valence-electron chi connectivity index (χ4n) is 1.92. The number of aromatic nitrogens is 4. The van der Waals surface area contributed by atoms with Gasteiger partial charge in [0, 0.05) is 30.5 Å². The van der Waals surface area contributed by atoms with Crippen LogP contribution in [0.2, 0.25) is 0 Å².